The molecule has 0 spiro atoms. The molecule has 1 unspecified atom stereocenters. The second-order valence-electron chi connectivity index (χ2n) is 23.1. The van der Waals surface area contributed by atoms with Crippen LogP contribution in [0.4, 0.5) is 0 Å². The Hall–Kier alpha value is -4.19. The Kier molecular flexibility index (Phi) is 66.7. The largest absolute Gasteiger partial charge is 0.462 e. The molecule has 0 saturated heterocycles. The first-order chi connectivity index (χ1) is 41.0. The number of hydrogen-bond donors (Lipinski definition) is 0. The van der Waals surface area contributed by atoms with Crippen LogP contribution in [0.3, 0.4) is 0 Å². The van der Waals surface area contributed by atoms with Gasteiger partial charge >= 0.3 is 17.9 Å². The molecular weight excluding hydrogens is 1020 g/mol. The lowest BCUT2D eigenvalue weighted by Crippen LogP contribution is -2.30. The molecule has 474 valence electrons. The van der Waals surface area contributed by atoms with Crippen molar-refractivity contribution < 1.29 is 28.6 Å². The number of carbonyl (C=O) groups is 3. The van der Waals surface area contributed by atoms with Gasteiger partial charge in [-0.15, -0.1) is 0 Å². The Morgan fingerprint density at radius 1 is 0.253 bits per heavy atom. The topological polar surface area (TPSA) is 78.9 Å². The van der Waals surface area contributed by atoms with Gasteiger partial charge in [0.1, 0.15) is 13.2 Å². The van der Waals surface area contributed by atoms with E-state index in [-0.39, 0.29) is 37.5 Å². The summed E-state index contributed by atoms with van der Waals surface area (Å²) >= 11 is 0. The molecule has 0 aliphatic rings. The van der Waals surface area contributed by atoms with Crippen LogP contribution in [0, 0.1) is 0 Å². The summed E-state index contributed by atoms with van der Waals surface area (Å²) in [4.78, 5) is 38.4. The SMILES string of the molecule is CC/C=C\C/C=C\C/C=C\C/C=C\C/C=C\CCCC(=O)OC(COC(=O)CCCCCCC/C=C\C/C=C\CCCCC)COC(=O)CCCCCCCCCCCCCCCCCCCC/C=C\C/C=C\C/C=C\CCCCCCC. The molecule has 0 radical (unpaired) electrons. The third-order valence-corrected chi connectivity index (χ3v) is 14.9. The van der Waals surface area contributed by atoms with Gasteiger partial charge in [-0.25, -0.2) is 0 Å². The van der Waals surface area contributed by atoms with Crippen LogP contribution in [-0.4, -0.2) is 37.2 Å². The maximum Gasteiger partial charge on any atom is 0.306 e. The number of rotatable bonds is 63. The third kappa shape index (κ3) is 68.5. The molecule has 6 heteroatoms. The highest BCUT2D eigenvalue weighted by Gasteiger charge is 2.19. The lowest BCUT2D eigenvalue weighted by atomic mass is 10.0. The molecule has 0 aliphatic carbocycles. The molecule has 0 fully saturated rings. The van der Waals surface area contributed by atoms with E-state index in [4.69, 9.17) is 14.2 Å². The predicted molar refractivity (Wildman–Crippen MR) is 362 cm³/mol. The second kappa shape index (κ2) is 70.3. The summed E-state index contributed by atoms with van der Waals surface area (Å²) in [6.07, 6.45) is 98.1. The van der Waals surface area contributed by atoms with Crippen molar-refractivity contribution in [2.75, 3.05) is 13.2 Å². The number of hydrogen-bond acceptors (Lipinski definition) is 6. The van der Waals surface area contributed by atoms with Gasteiger partial charge < -0.3 is 14.2 Å². The van der Waals surface area contributed by atoms with Crippen LogP contribution in [0.1, 0.15) is 329 Å². The van der Waals surface area contributed by atoms with Crippen molar-refractivity contribution >= 4 is 17.9 Å². The van der Waals surface area contributed by atoms with E-state index in [1.807, 2.05) is 0 Å². The molecule has 1 atom stereocenters. The van der Waals surface area contributed by atoms with Crippen molar-refractivity contribution in [3.8, 4) is 0 Å². The summed E-state index contributed by atoms with van der Waals surface area (Å²) in [5.74, 6) is -0.970. The zero-order valence-corrected chi connectivity index (χ0v) is 54.4. The molecule has 0 aromatic rings. The van der Waals surface area contributed by atoms with Crippen molar-refractivity contribution in [1.82, 2.24) is 0 Å². The maximum atomic E-state index is 12.9. The van der Waals surface area contributed by atoms with Crippen LogP contribution in [0.15, 0.2) is 122 Å². The van der Waals surface area contributed by atoms with E-state index < -0.39 is 6.10 Å². The summed E-state index contributed by atoms with van der Waals surface area (Å²) in [6, 6.07) is 0. The van der Waals surface area contributed by atoms with E-state index in [1.54, 1.807) is 0 Å². The van der Waals surface area contributed by atoms with Crippen LogP contribution in [0.25, 0.3) is 0 Å². The standard InChI is InChI=1S/C77H130O6/c1-4-7-10-13-16-19-22-25-28-30-31-32-33-34-35-36-37-38-39-40-41-42-43-44-45-47-49-52-55-58-61-64-67-70-76(79)82-73-74(72-81-75(78)69-66-63-60-57-54-51-48-27-24-21-18-15-12-9-6-3)83-77(80)71-68-65-62-59-56-53-50-46-29-26-23-20-17-14-11-8-5-2/h8,11,17-18,20-22,25-27,29-31,33-34,48,50,53,59,62,74H,4-7,9-10,12-16,19,23-24,28,32,35-47,49,51-52,54-58,60-61,63-73H2,1-3H3/b11-8-,20-17-,21-18-,25-22-,29-26-,31-30-,34-33-,48-27-,53-50-,62-59-. The first kappa shape index (κ1) is 78.8. The van der Waals surface area contributed by atoms with Crippen molar-refractivity contribution in [2.45, 2.75) is 335 Å². The van der Waals surface area contributed by atoms with Crippen molar-refractivity contribution in [3.05, 3.63) is 122 Å². The van der Waals surface area contributed by atoms with Crippen molar-refractivity contribution in [1.29, 1.82) is 0 Å². The Morgan fingerprint density at radius 3 is 0.795 bits per heavy atom. The molecule has 0 aliphatic heterocycles. The van der Waals surface area contributed by atoms with Gasteiger partial charge in [-0.3, -0.25) is 14.4 Å². The molecule has 0 bridgehead atoms. The molecule has 6 nitrogen and oxygen atoms in total. The highest BCUT2D eigenvalue weighted by atomic mass is 16.6. The van der Waals surface area contributed by atoms with Crippen LogP contribution in [0.5, 0.6) is 0 Å². The fourth-order valence-electron chi connectivity index (χ4n) is 9.69. The van der Waals surface area contributed by atoms with Gasteiger partial charge in [0.15, 0.2) is 6.10 Å². The summed E-state index contributed by atoms with van der Waals surface area (Å²) in [5, 5.41) is 0. The Labute approximate surface area is 513 Å². The summed E-state index contributed by atoms with van der Waals surface area (Å²) < 4.78 is 16.9. The van der Waals surface area contributed by atoms with E-state index in [0.29, 0.717) is 19.3 Å². The molecule has 0 rings (SSSR count). The smallest absolute Gasteiger partial charge is 0.306 e. The van der Waals surface area contributed by atoms with Gasteiger partial charge in [0.25, 0.3) is 0 Å². The van der Waals surface area contributed by atoms with Gasteiger partial charge in [0.05, 0.1) is 0 Å². The predicted octanol–water partition coefficient (Wildman–Crippen LogP) is 24.3. The van der Waals surface area contributed by atoms with E-state index in [2.05, 4.69) is 142 Å². The van der Waals surface area contributed by atoms with Crippen LogP contribution in [-0.2, 0) is 28.6 Å². The minimum absolute atomic E-state index is 0.105. The molecule has 0 heterocycles. The number of unbranched alkanes of at least 4 members (excludes halogenated alkanes) is 32. The molecule has 0 aromatic heterocycles. The quantitative estimate of drug-likeness (QED) is 0.0261. The molecule has 83 heavy (non-hydrogen) atoms. The lowest BCUT2D eigenvalue weighted by Gasteiger charge is -2.18. The van der Waals surface area contributed by atoms with E-state index in [1.165, 1.54) is 167 Å². The molecule has 0 amide bonds. The van der Waals surface area contributed by atoms with Crippen LogP contribution in [0.2, 0.25) is 0 Å². The molecule has 0 saturated carbocycles. The van der Waals surface area contributed by atoms with Gasteiger partial charge in [0, 0.05) is 19.3 Å². The fraction of sp³-hybridized carbons (Fsp3) is 0.701. The zero-order chi connectivity index (χ0) is 59.9. The van der Waals surface area contributed by atoms with Gasteiger partial charge in [-0.05, 0) is 128 Å². The minimum Gasteiger partial charge on any atom is -0.462 e. The second-order valence-corrected chi connectivity index (χ2v) is 23.1. The highest BCUT2D eigenvalue weighted by Crippen LogP contribution is 2.17. The summed E-state index contributed by atoms with van der Waals surface area (Å²) in [7, 11) is 0. The van der Waals surface area contributed by atoms with Crippen LogP contribution < -0.4 is 0 Å². The van der Waals surface area contributed by atoms with Crippen molar-refractivity contribution in [3.63, 3.8) is 0 Å². The highest BCUT2D eigenvalue weighted by molar-refractivity contribution is 5.71. The number of carbonyl (C=O) groups excluding carboxylic acids is 3. The minimum atomic E-state index is -0.817. The maximum absolute atomic E-state index is 12.9. The zero-order valence-electron chi connectivity index (χ0n) is 54.4. The lowest BCUT2D eigenvalue weighted by molar-refractivity contribution is -0.167. The first-order valence-electron chi connectivity index (χ1n) is 35.0. The average molecular weight is 1150 g/mol. The number of allylic oxidation sites excluding steroid dienone is 20. The first-order valence-corrected chi connectivity index (χ1v) is 35.0. The summed E-state index contributed by atoms with van der Waals surface area (Å²) in [5.41, 5.74) is 0. The normalized spacial score (nSPS) is 12.9. The van der Waals surface area contributed by atoms with Crippen molar-refractivity contribution in [2.24, 2.45) is 0 Å². The summed E-state index contributed by atoms with van der Waals surface area (Å²) in [6.45, 7) is 6.45. The van der Waals surface area contributed by atoms with E-state index in [9.17, 15) is 14.4 Å². The Bertz CT molecular complexity index is 1700. The monoisotopic (exact) mass is 1150 g/mol. The molecule has 0 aromatic carbocycles. The van der Waals surface area contributed by atoms with Gasteiger partial charge in [-0.2, -0.15) is 0 Å². The number of ether oxygens (including phenoxy) is 3. The van der Waals surface area contributed by atoms with Gasteiger partial charge in [0.2, 0.25) is 0 Å². The Balaban J connectivity index is 4.26. The Morgan fingerprint density at radius 2 is 0.482 bits per heavy atom. The van der Waals surface area contributed by atoms with Gasteiger partial charge in [-0.1, -0.05) is 303 Å². The average Bonchev–Trinajstić information content (AvgIpc) is 3.49. The molecular formula is C77H130O6. The van der Waals surface area contributed by atoms with E-state index in [0.717, 1.165) is 116 Å². The molecule has 0 N–H and O–H groups in total. The van der Waals surface area contributed by atoms with Crippen LogP contribution >= 0.6 is 0 Å². The number of esters is 3. The third-order valence-electron chi connectivity index (χ3n) is 14.9. The van der Waals surface area contributed by atoms with E-state index >= 15 is 0 Å². The fourth-order valence-corrected chi connectivity index (χ4v) is 9.69.